The fraction of sp³-hybridized carbons (Fsp3) is 0.692. The van der Waals surface area contributed by atoms with E-state index in [1.54, 1.807) is 11.0 Å². The van der Waals surface area contributed by atoms with Crippen molar-refractivity contribution in [1.82, 2.24) is 4.90 Å². The highest BCUT2D eigenvalue weighted by Crippen LogP contribution is 2.19. The highest BCUT2D eigenvalue weighted by Gasteiger charge is 2.27. The SMILES string of the molecule is C=CC(N)CCC(=O)N1CCC(C(=O)OC)CC1. The van der Waals surface area contributed by atoms with Gasteiger partial charge in [-0.1, -0.05) is 6.08 Å². The van der Waals surface area contributed by atoms with Crippen LogP contribution in [0.15, 0.2) is 12.7 Å². The molecular formula is C13H22N2O3. The van der Waals surface area contributed by atoms with Crippen LogP contribution < -0.4 is 5.73 Å². The third-order valence-electron chi connectivity index (χ3n) is 3.38. The van der Waals surface area contributed by atoms with E-state index in [9.17, 15) is 9.59 Å². The Morgan fingerprint density at radius 3 is 2.61 bits per heavy atom. The number of piperidine rings is 1. The molecule has 0 saturated carbocycles. The monoisotopic (exact) mass is 254 g/mol. The smallest absolute Gasteiger partial charge is 0.308 e. The molecule has 1 aliphatic rings. The van der Waals surface area contributed by atoms with Gasteiger partial charge in [0.2, 0.25) is 5.91 Å². The molecule has 1 rings (SSSR count). The number of nitrogens with zero attached hydrogens (tertiary/aromatic N) is 1. The zero-order valence-corrected chi connectivity index (χ0v) is 10.9. The molecule has 1 amide bonds. The predicted molar refractivity (Wildman–Crippen MR) is 68.7 cm³/mol. The van der Waals surface area contributed by atoms with Gasteiger partial charge >= 0.3 is 5.97 Å². The lowest BCUT2D eigenvalue weighted by atomic mass is 9.96. The van der Waals surface area contributed by atoms with Gasteiger partial charge in [-0.25, -0.2) is 0 Å². The van der Waals surface area contributed by atoms with Gasteiger partial charge in [0.1, 0.15) is 0 Å². The third-order valence-corrected chi connectivity index (χ3v) is 3.38. The van der Waals surface area contributed by atoms with E-state index in [-0.39, 0.29) is 23.8 Å². The van der Waals surface area contributed by atoms with E-state index >= 15 is 0 Å². The number of esters is 1. The average Bonchev–Trinajstić information content (AvgIpc) is 2.43. The Kier molecular flexibility index (Phi) is 5.85. The summed E-state index contributed by atoms with van der Waals surface area (Å²) in [7, 11) is 1.40. The molecule has 1 fully saturated rings. The number of ether oxygens (including phenoxy) is 1. The minimum absolute atomic E-state index is 0.0607. The molecule has 5 heteroatoms. The zero-order chi connectivity index (χ0) is 13.5. The van der Waals surface area contributed by atoms with Crippen molar-refractivity contribution in [3.8, 4) is 0 Å². The van der Waals surface area contributed by atoms with Crippen molar-refractivity contribution in [2.24, 2.45) is 11.7 Å². The van der Waals surface area contributed by atoms with Crippen LogP contribution in [0.25, 0.3) is 0 Å². The highest BCUT2D eigenvalue weighted by molar-refractivity contribution is 5.77. The molecule has 18 heavy (non-hydrogen) atoms. The first kappa shape index (κ1) is 14.7. The molecule has 0 aliphatic carbocycles. The van der Waals surface area contributed by atoms with Crippen LogP contribution in [0.5, 0.6) is 0 Å². The molecule has 0 aromatic carbocycles. The van der Waals surface area contributed by atoms with Crippen LogP contribution in [0.1, 0.15) is 25.7 Å². The maximum atomic E-state index is 11.9. The molecule has 0 spiro atoms. The number of carbonyl (C=O) groups is 2. The van der Waals surface area contributed by atoms with Gasteiger partial charge in [-0.15, -0.1) is 6.58 Å². The van der Waals surface area contributed by atoms with E-state index in [1.807, 2.05) is 0 Å². The number of amides is 1. The van der Waals surface area contributed by atoms with Crippen molar-refractivity contribution in [3.63, 3.8) is 0 Å². The number of hydrogen-bond acceptors (Lipinski definition) is 4. The second-order valence-corrected chi connectivity index (χ2v) is 4.62. The van der Waals surface area contributed by atoms with E-state index in [4.69, 9.17) is 10.5 Å². The van der Waals surface area contributed by atoms with Gasteiger partial charge in [-0.05, 0) is 19.3 Å². The van der Waals surface area contributed by atoms with Gasteiger partial charge in [-0.3, -0.25) is 9.59 Å². The lowest BCUT2D eigenvalue weighted by Crippen LogP contribution is -2.40. The van der Waals surface area contributed by atoms with Crippen molar-refractivity contribution in [2.45, 2.75) is 31.7 Å². The van der Waals surface area contributed by atoms with Crippen LogP contribution in [0.3, 0.4) is 0 Å². The predicted octanol–water partition coefficient (Wildman–Crippen LogP) is 0.691. The number of rotatable bonds is 5. The van der Waals surface area contributed by atoms with E-state index in [2.05, 4.69) is 6.58 Å². The molecule has 2 N–H and O–H groups in total. The van der Waals surface area contributed by atoms with Gasteiger partial charge in [0, 0.05) is 25.6 Å². The van der Waals surface area contributed by atoms with Crippen LogP contribution in [0, 0.1) is 5.92 Å². The summed E-state index contributed by atoms with van der Waals surface area (Å²) in [4.78, 5) is 25.0. The lowest BCUT2D eigenvalue weighted by Gasteiger charge is -2.30. The standard InChI is InChI=1S/C13H22N2O3/c1-3-11(14)4-5-12(16)15-8-6-10(7-9-15)13(17)18-2/h3,10-11H,1,4-9,14H2,2H3. The molecule has 1 unspecified atom stereocenters. The molecule has 102 valence electrons. The third kappa shape index (κ3) is 4.14. The minimum atomic E-state index is -0.171. The number of nitrogens with two attached hydrogens (primary N) is 1. The number of carbonyl (C=O) groups excluding carboxylic acids is 2. The van der Waals surface area contributed by atoms with Crippen molar-refractivity contribution in [1.29, 1.82) is 0 Å². The van der Waals surface area contributed by atoms with Crippen LogP contribution in [0.2, 0.25) is 0 Å². The van der Waals surface area contributed by atoms with Crippen molar-refractivity contribution in [2.75, 3.05) is 20.2 Å². The first-order valence-electron chi connectivity index (χ1n) is 6.32. The zero-order valence-electron chi connectivity index (χ0n) is 10.9. The average molecular weight is 254 g/mol. The van der Waals surface area contributed by atoms with Gasteiger partial charge in [0.15, 0.2) is 0 Å². The fourth-order valence-corrected chi connectivity index (χ4v) is 2.10. The second kappa shape index (κ2) is 7.16. The van der Waals surface area contributed by atoms with Crippen LogP contribution in [-0.4, -0.2) is 43.0 Å². The summed E-state index contributed by atoms with van der Waals surface area (Å²) in [6.07, 6.45) is 4.09. The molecule has 5 nitrogen and oxygen atoms in total. The van der Waals surface area contributed by atoms with Gasteiger partial charge in [0.25, 0.3) is 0 Å². The first-order valence-corrected chi connectivity index (χ1v) is 6.32. The molecule has 1 atom stereocenters. The molecule has 0 aromatic heterocycles. The van der Waals surface area contributed by atoms with Crippen LogP contribution >= 0.6 is 0 Å². The summed E-state index contributed by atoms with van der Waals surface area (Å²) < 4.78 is 4.71. The Hall–Kier alpha value is -1.36. The number of methoxy groups -OCH3 is 1. The van der Waals surface area contributed by atoms with Crippen molar-refractivity contribution >= 4 is 11.9 Å². The Balaban J connectivity index is 2.31. The Bertz CT molecular complexity index is 309. The second-order valence-electron chi connectivity index (χ2n) is 4.62. The minimum Gasteiger partial charge on any atom is -0.469 e. The molecule has 0 radical (unpaired) electrons. The van der Waals surface area contributed by atoms with E-state index in [0.29, 0.717) is 38.8 Å². The molecule has 1 aliphatic heterocycles. The first-order chi connectivity index (χ1) is 8.58. The Morgan fingerprint density at radius 2 is 2.11 bits per heavy atom. The molecule has 0 bridgehead atoms. The van der Waals surface area contributed by atoms with E-state index < -0.39 is 0 Å². The summed E-state index contributed by atoms with van der Waals surface area (Å²) in [6, 6.07) is -0.124. The van der Waals surface area contributed by atoms with Gasteiger partial charge in [-0.2, -0.15) is 0 Å². The Labute approximate surface area is 108 Å². The summed E-state index contributed by atoms with van der Waals surface area (Å²) >= 11 is 0. The number of hydrogen-bond donors (Lipinski definition) is 1. The van der Waals surface area contributed by atoms with E-state index in [1.165, 1.54) is 7.11 Å². The van der Waals surface area contributed by atoms with E-state index in [0.717, 1.165) is 0 Å². The van der Waals surface area contributed by atoms with Gasteiger partial charge in [0.05, 0.1) is 13.0 Å². The van der Waals surface area contributed by atoms with Crippen molar-refractivity contribution in [3.05, 3.63) is 12.7 Å². The van der Waals surface area contributed by atoms with Crippen LogP contribution in [0.4, 0.5) is 0 Å². The molecule has 1 heterocycles. The highest BCUT2D eigenvalue weighted by atomic mass is 16.5. The summed E-state index contributed by atoms with van der Waals surface area (Å²) in [5.41, 5.74) is 5.68. The maximum absolute atomic E-state index is 11.9. The van der Waals surface area contributed by atoms with Crippen LogP contribution in [-0.2, 0) is 14.3 Å². The topological polar surface area (TPSA) is 72.6 Å². The quantitative estimate of drug-likeness (QED) is 0.579. The lowest BCUT2D eigenvalue weighted by molar-refractivity contribution is -0.148. The summed E-state index contributed by atoms with van der Waals surface area (Å²) in [5.74, 6) is -0.124. The van der Waals surface area contributed by atoms with Gasteiger partial charge < -0.3 is 15.4 Å². The fourth-order valence-electron chi connectivity index (χ4n) is 2.10. The molecule has 0 aromatic rings. The number of likely N-dealkylation sites (tertiary alicyclic amines) is 1. The summed E-state index contributed by atoms with van der Waals surface area (Å²) in [6.45, 7) is 4.84. The molecule has 1 saturated heterocycles. The normalized spacial score (nSPS) is 18.2. The van der Waals surface area contributed by atoms with Crippen molar-refractivity contribution < 1.29 is 14.3 Å². The Morgan fingerprint density at radius 1 is 1.50 bits per heavy atom. The molecular weight excluding hydrogens is 232 g/mol. The summed E-state index contributed by atoms with van der Waals surface area (Å²) in [5, 5.41) is 0. The maximum Gasteiger partial charge on any atom is 0.308 e. The largest absolute Gasteiger partial charge is 0.469 e.